The standard InChI is InChI=1S/C14H22BNO4/c1-11-10-20-12(2)9-16(11)6-7-19-14-5-3-4-13(8-14)15(17)18/h3-5,8,11-12,17-18H,6-7,9-10H2,1-2H3. The second-order valence-corrected chi connectivity index (χ2v) is 5.28. The summed E-state index contributed by atoms with van der Waals surface area (Å²) in [5.41, 5.74) is 0.441. The quantitative estimate of drug-likeness (QED) is 0.734. The molecule has 20 heavy (non-hydrogen) atoms. The zero-order valence-electron chi connectivity index (χ0n) is 12.0. The first kappa shape index (κ1) is 15.3. The summed E-state index contributed by atoms with van der Waals surface area (Å²) in [7, 11) is -1.46. The van der Waals surface area contributed by atoms with Gasteiger partial charge in [-0.3, -0.25) is 4.90 Å². The molecule has 0 bridgehead atoms. The SMILES string of the molecule is CC1CN(CCOc2cccc(B(O)O)c2)C(C)CO1. The van der Waals surface area contributed by atoms with Gasteiger partial charge in [0.15, 0.2) is 0 Å². The van der Waals surface area contributed by atoms with Gasteiger partial charge in [-0.15, -0.1) is 0 Å². The molecular weight excluding hydrogens is 257 g/mol. The molecular formula is C14H22BNO4. The molecule has 2 N–H and O–H groups in total. The molecule has 6 heteroatoms. The van der Waals surface area contributed by atoms with Gasteiger partial charge in [-0.2, -0.15) is 0 Å². The topological polar surface area (TPSA) is 62.2 Å². The molecule has 2 rings (SSSR count). The zero-order chi connectivity index (χ0) is 14.5. The Hall–Kier alpha value is -1.08. The average molecular weight is 279 g/mol. The van der Waals surface area contributed by atoms with Crippen molar-refractivity contribution in [3.8, 4) is 5.75 Å². The summed E-state index contributed by atoms with van der Waals surface area (Å²) in [6.07, 6.45) is 0.263. The fraction of sp³-hybridized carbons (Fsp3) is 0.571. The molecule has 1 aromatic rings. The Balaban J connectivity index is 1.82. The van der Waals surface area contributed by atoms with Gasteiger partial charge in [0, 0.05) is 19.1 Å². The third-order valence-electron chi connectivity index (χ3n) is 3.54. The molecule has 0 spiro atoms. The molecule has 1 aliphatic heterocycles. The first-order valence-electron chi connectivity index (χ1n) is 7.01. The van der Waals surface area contributed by atoms with E-state index in [1.165, 1.54) is 0 Å². The van der Waals surface area contributed by atoms with Gasteiger partial charge in [-0.05, 0) is 31.4 Å². The van der Waals surface area contributed by atoms with Crippen molar-refractivity contribution in [3.63, 3.8) is 0 Å². The highest BCUT2D eigenvalue weighted by Gasteiger charge is 2.22. The predicted molar refractivity (Wildman–Crippen MR) is 78.2 cm³/mol. The number of hydrogen-bond donors (Lipinski definition) is 2. The number of hydrogen-bond acceptors (Lipinski definition) is 5. The smallest absolute Gasteiger partial charge is 0.488 e. The first-order chi connectivity index (χ1) is 9.56. The molecule has 0 saturated carbocycles. The molecule has 1 aliphatic rings. The van der Waals surface area contributed by atoms with Crippen LogP contribution in [0.2, 0.25) is 0 Å². The number of morpholine rings is 1. The van der Waals surface area contributed by atoms with Gasteiger partial charge in [0.25, 0.3) is 0 Å². The van der Waals surface area contributed by atoms with Crippen LogP contribution in [-0.4, -0.2) is 60.5 Å². The molecule has 0 aliphatic carbocycles. The van der Waals surface area contributed by atoms with Crippen LogP contribution in [0.15, 0.2) is 24.3 Å². The third kappa shape index (κ3) is 4.21. The van der Waals surface area contributed by atoms with Gasteiger partial charge in [0.1, 0.15) is 12.4 Å². The fourth-order valence-electron chi connectivity index (χ4n) is 2.33. The lowest BCUT2D eigenvalue weighted by molar-refractivity contribution is -0.0522. The Kier molecular flexibility index (Phi) is 5.42. The molecule has 2 atom stereocenters. The maximum absolute atomic E-state index is 9.12. The molecule has 1 saturated heterocycles. The van der Waals surface area contributed by atoms with Crippen LogP contribution in [0, 0.1) is 0 Å². The van der Waals surface area contributed by atoms with Gasteiger partial charge in [0.05, 0.1) is 12.7 Å². The van der Waals surface area contributed by atoms with Crippen LogP contribution in [0.25, 0.3) is 0 Å². The average Bonchev–Trinajstić information content (AvgIpc) is 2.43. The van der Waals surface area contributed by atoms with Crippen LogP contribution >= 0.6 is 0 Å². The molecule has 1 aromatic carbocycles. The van der Waals surface area contributed by atoms with Gasteiger partial charge in [-0.1, -0.05) is 12.1 Å². The van der Waals surface area contributed by atoms with E-state index in [4.69, 9.17) is 19.5 Å². The van der Waals surface area contributed by atoms with Crippen molar-refractivity contribution in [2.45, 2.75) is 26.0 Å². The van der Waals surface area contributed by atoms with Gasteiger partial charge < -0.3 is 19.5 Å². The van der Waals surface area contributed by atoms with E-state index in [-0.39, 0.29) is 6.10 Å². The van der Waals surface area contributed by atoms with Crippen molar-refractivity contribution in [3.05, 3.63) is 24.3 Å². The molecule has 110 valence electrons. The lowest BCUT2D eigenvalue weighted by Gasteiger charge is -2.36. The minimum absolute atomic E-state index is 0.263. The molecule has 0 aromatic heterocycles. The van der Waals surface area contributed by atoms with E-state index >= 15 is 0 Å². The second-order valence-electron chi connectivity index (χ2n) is 5.28. The summed E-state index contributed by atoms with van der Waals surface area (Å²) in [5, 5.41) is 18.2. The van der Waals surface area contributed by atoms with Crippen molar-refractivity contribution >= 4 is 12.6 Å². The van der Waals surface area contributed by atoms with Crippen molar-refractivity contribution in [1.29, 1.82) is 0 Å². The molecule has 0 amide bonds. The van der Waals surface area contributed by atoms with Crippen molar-refractivity contribution in [1.82, 2.24) is 4.90 Å². The van der Waals surface area contributed by atoms with E-state index in [2.05, 4.69) is 18.7 Å². The van der Waals surface area contributed by atoms with E-state index in [1.807, 2.05) is 6.07 Å². The highest BCUT2D eigenvalue weighted by molar-refractivity contribution is 6.58. The van der Waals surface area contributed by atoms with E-state index in [9.17, 15) is 0 Å². The maximum atomic E-state index is 9.12. The summed E-state index contributed by atoms with van der Waals surface area (Å²) >= 11 is 0. The first-order valence-corrected chi connectivity index (χ1v) is 7.01. The van der Waals surface area contributed by atoms with E-state index < -0.39 is 7.12 Å². The maximum Gasteiger partial charge on any atom is 0.488 e. The Morgan fingerprint density at radius 1 is 1.40 bits per heavy atom. The molecule has 2 unspecified atom stereocenters. The van der Waals surface area contributed by atoms with Crippen LogP contribution in [0.4, 0.5) is 0 Å². The number of benzene rings is 1. The van der Waals surface area contributed by atoms with E-state index in [1.54, 1.807) is 18.2 Å². The fourth-order valence-corrected chi connectivity index (χ4v) is 2.33. The van der Waals surface area contributed by atoms with Gasteiger partial charge in [-0.25, -0.2) is 0 Å². The van der Waals surface area contributed by atoms with Gasteiger partial charge >= 0.3 is 7.12 Å². The normalized spacial score (nSPS) is 23.6. The Labute approximate surface area is 120 Å². The lowest BCUT2D eigenvalue weighted by Crippen LogP contribution is -2.48. The van der Waals surface area contributed by atoms with Crippen LogP contribution in [0.3, 0.4) is 0 Å². The summed E-state index contributed by atoms with van der Waals surface area (Å²) in [6, 6.07) is 7.28. The Morgan fingerprint density at radius 2 is 2.20 bits per heavy atom. The minimum atomic E-state index is -1.46. The molecule has 1 heterocycles. The summed E-state index contributed by atoms with van der Waals surface area (Å²) < 4.78 is 11.3. The third-order valence-corrected chi connectivity index (χ3v) is 3.54. The minimum Gasteiger partial charge on any atom is -0.492 e. The number of ether oxygens (including phenoxy) is 2. The Bertz CT molecular complexity index is 429. The largest absolute Gasteiger partial charge is 0.492 e. The number of nitrogens with zero attached hydrogens (tertiary/aromatic N) is 1. The summed E-state index contributed by atoms with van der Waals surface area (Å²) in [5.74, 6) is 0.657. The van der Waals surface area contributed by atoms with Crippen LogP contribution in [0.5, 0.6) is 5.75 Å². The number of rotatable bonds is 5. The lowest BCUT2D eigenvalue weighted by atomic mass is 9.80. The molecule has 1 fully saturated rings. The molecule has 5 nitrogen and oxygen atoms in total. The summed E-state index contributed by atoms with van der Waals surface area (Å²) in [4.78, 5) is 2.35. The van der Waals surface area contributed by atoms with Gasteiger partial charge in [0.2, 0.25) is 0 Å². The Morgan fingerprint density at radius 3 is 2.95 bits per heavy atom. The highest BCUT2D eigenvalue weighted by atomic mass is 16.5. The predicted octanol–water partition coefficient (Wildman–Crippen LogP) is -0.146. The van der Waals surface area contributed by atoms with Crippen molar-refractivity contribution < 1.29 is 19.5 Å². The zero-order valence-corrected chi connectivity index (χ0v) is 12.0. The van der Waals surface area contributed by atoms with Crippen LogP contribution < -0.4 is 10.2 Å². The van der Waals surface area contributed by atoms with Crippen molar-refractivity contribution in [2.24, 2.45) is 0 Å². The molecule has 0 radical (unpaired) electrons. The van der Waals surface area contributed by atoms with E-state index in [0.29, 0.717) is 23.9 Å². The highest BCUT2D eigenvalue weighted by Crippen LogP contribution is 2.12. The van der Waals surface area contributed by atoms with Crippen LogP contribution in [0.1, 0.15) is 13.8 Å². The summed E-state index contributed by atoms with van der Waals surface area (Å²) in [6.45, 7) is 7.30. The van der Waals surface area contributed by atoms with E-state index in [0.717, 1.165) is 19.7 Å². The monoisotopic (exact) mass is 279 g/mol. The van der Waals surface area contributed by atoms with Crippen molar-refractivity contribution in [2.75, 3.05) is 26.3 Å². The second kappa shape index (κ2) is 7.08. The van der Waals surface area contributed by atoms with Crippen LogP contribution in [-0.2, 0) is 4.74 Å².